The average molecular weight is 353 g/mol. The summed E-state index contributed by atoms with van der Waals surface area (Å²) in [5.74, 6) is -0.136. The van der Waals surface area contributed by atoms with Gasteiger partial charge in [-0.25, -0.2) is 9.80 Å². The zero-order valence-corrected chi connectivity index (χ0v) is 14.4. The molecule has 3 N–H and O–H groups in total. The van der Waals surface area contributed by atoms with Crippen LogP contribution in [0.15, 0.2) is 35.7 Å². The molecule has 0 saturated heterocycles. The lowest BCUT2D eigenvalue weighted by atomic mass is 10.1. The third kappa shape index (κ3) is 2.51. The Kier molecular flexibility index (Phi) is 3.63. The van der Waals surface area contributed by atoms with E-state index >= 15 is 0 Å². The molecule has 7 nitrogen and oxygen atoms in total. The molecule has 4 rings (SSSR count). The van der Waals surface area contributed by atoms with Crippen LogP contribution in [0, 0.1) is 0 Å². The minimum absolute atomic E-state index is 0.136. The number of hydrogen-bond donors (Lipinski definition) is 3. The van der Waals surface area contributed by atoms with Gasteiger partial charge in [-0.1, -0.05) is 18.2 Å². The van der Waals surface area contributed by atoms with E-state index in [1.807, 2.05) is 23.6 Å². The summed E-state index contributed by atoms with van der Waals surface area (Å²) in [5.41, 5.74) is 6.16. The summed E-state index contributed by atoms with van der Waals surface area (Å²) in [6, 6.07) is 8.82. The highest BCUT2D eigenvalue weighted by molar-refractivity contribution is 7.13. The van der Waals surface area contributed by atoms with Crippen LogP contribution < -0.4 is 10.7 Å². The van der Waals surface area contributed by atoms with Crippen LogP contribution in [-0.2, 0) is 0 Å². The van der Waals surface area contributed by atoms with E-state index in [1.54, 1.807) is 37.6 Å². The molecule has 0 bridgehead atoms. The number of aromatic amines is 1. The van der Waals surface area contributed by atoms with E-state index in [0.29, 0.717) is 22.5 Å². The number of nitrogens with zero attached hydrogens (tertiary/aromatic N) is 2. The van der Waals surface area contributed by atoms with Crippen LogP contribution in [0.3, 0.4) is 0 Å². The Hall–Kier alpha value is -2.97. The van der Waals surface area contributed by atoms with Crippen LogP contribution in [0.25, 0.3) is 21.8 Å². The number of amides is 2. The summed E-state index contributed by atoms with van der Waals surface area (Å²) in [5, 5.41) is 13.5. The Labute approximate surface area is 147 Å². The van der Waals surface area contributed by atoms with Crippen LogP contribution in [-0.4, -0.2) is 41.1 Å². The number of nitrogens with one attached hydrogen (secondary N) is 3. The van der Waals surface area contributed by atoms with E-state index in [4.69, 9.17) is 0 Å². The molecule has 2 amide bonds. The SMILES string of the molecule is CN(C)NC(=O)Nc1cccc2c1C(=O)c1c-2n[nH]c1-c1cccs1. The second kappa shape index (κ2) is 5.83. The van der Waals surface area contributed by atoms with Gasteiger partial charge in [-0.3, -0.25) is 15.3 Å². The van der Waals surface area contributed by atoms with E-state index in [2.05, 4.69) is 20.9 Å². The molecule has 8 heteroatoms. The van der Waals surface area contributed by atoms with Crippen molar-refractivity contribution in [1.29, 1.82) is 0 Å². The second-order valence-electron chi connectivity index (χ2n) is 5.82. The van der Waals surface area contributed by atoms with Gasteiger partial charge in [-0.05, 0) is 17.5 Å². The van der Waals surface area contributed by atoms with E-state index in [9.17, 15) is 9.59 Å². The zero-order chi connectivity index (χ0) is 17.6. The predicted octanol–water partition coefficient (Wildman–Crippen LogP) is 2.95. The van der Waals surface area contributed by atoms with Crippen molar-refractivity contribution in [2.75, 3.05) is 19.4 Å². The minimum atomic E-state index is -0.407. The first kappa shape index (κ1) is 15.6. The van der Waals surface area contributed by atoms with E-state index < -0.39 is 6.03 Å². The van der Waals surface area contributed by atoms with Gasteiger partial charge in [-0.15, -0.1) is 11.3 Å². The molecule has 126 valence electrons. The molecule has 0 unspecified atom stereocenters. The van der Waals surface area contributed by atoms with Crippen molar-refractivity contribution in [2.45, 2.75) is 0 Å². The summed E-state index contributed by atoms with van der Waals surface area (Å²) < 4.78 is 0. The van der Waals surface area contributed by atoms with Crippen molar-refractivity contribution in [3.8, 4) is 21.8 Å². The molecule has 1 aliphatic carbocycles. The predicted molar refractivity (Wildman–Crippen MR) is 96.6 cm³/mol. The van der Waals surface area contributed by atoms with Crippen LogP contribution in [0.4, 0.5) is 10.5 Å². The lowest BCUT2D eigenvalue weighted by molar-refractivity contribution is 0.104. The molecule has 0 fully saturated rings. The van der Waals surface area contributed by atoms with E-state index in [0.717, 1.165) is 16.1 Å². The number of thiophene rings is 1. The number of carbonyl (C=O) groups is 2. The van der Waals surface area contributed by atoms with Gasteiger partial charge < -0.3 is 5.32 Å². The summed E-state index contributed by atoms with van der Waals surface area (Å²) in [7, 11) is 3.42. The Morgan fingerprint density at radius 3 is 2.76 bits per heavy atom. The lowest BCUT2D eigenvalue weighted by Gasteiger charge is -2.14. The molecule has 1 aliphatic rings. The van der Waals surface area contributed by atoms with E-state index in [1.165, 1.54) is 5.01 Å². The molecule has 0 spiro atoms. The number of anilines is 1. The van der Waals surface area contributed by atoms with Crippen molar-refractivity contribution in [2.24, 2.45) is 0 Å². The number of rotatable bonds is 3. The van der Waals surface area contributed by atoms with Crippen molar-refractivity contribution < 1.29 is 9.59 Å². The lowest BCUT2D eigenvalue weighted by Crippen LogP contribution is -2.39. The highest BCUT2D eigenvalue weighted by atomic mass is 32.1. The number of aromatic nitrogens is 2. The van der Waals surface area contributed by atoms with Crippen molar-refractivity contribution in [3.05, 3.63) is 46.8 Å². The molecule has 2 heterocycles. The van der Waals surface area contributed by atoms with Crippen molar-refractivity contribution >= 4 is 28.8 Å². The van der Waals surface area contributed by atoms with Crippen molar-refractivity contribution in [3.63, 3.8) is 0 Å². The van der Waals surface area contributed by atoms with Gasteiger partial charge in [0.05, 0.1) is 27.4 Å². The van der Waals surface area contributed by atoms with Gasteiger partial charge in [0, 0.05) is 19.7 Å². The summed E-state index contributed by atoms with van der Waals surface area (Å²) in [4.78, 5) is 26.0. The number of ketones is 1. The summed E-state index contributed by atoms with van der Waals surface area (Å²) in [6.45, 7) is 0. The average Bonchev–Trinajstić information content (AvgIpc) is 3.26. The third-order valence-electron chi connectivity index (χ3n) is 3.88. The number of carbonyl (C=O) groups excluding carboxylic acids is 2. The number of urea groups is 1. The molecule has 0 saturated carbocycles. The van der Waals surface area contributed by atoms with E-state index in [-0.39, 0.29) is 5.78 Å². The van der Waals surface area contributed by atoms with Crippen LogP contribution in [0.2, 0.25) is 0 Å². The molecule has 2 aromatic heterocycles. The number of hydrazine groups is 1. The van der Waals surface area contributed by atoms with Gasteiger partial charge in [0.15, 0.2) is 5.78 Å². The first-order valence-electron chi connectivity index (χ1n) is 7.61. The summed E-state index contributed by atoms with van der Waals surface area (Å²) in [6.07, 6.45) is 0. The topological polar surface area (TPSA) is 90.1 Å². The zero-order valence-electron chi connectivity index (χ0n) is 13.6. The Morgan fingerprint density at radius 2 is 2.04 bits per heavy atom. The number of H-pyrrole nitrogens is 1. The van der Waals surface area contributed by atoms with Crippen LogP contribution >= 0.6 is 11.3 Å². The van der Waals surface area contributed by atoms with Gasteiger partial charge >= 0.3 is 6.03 Å². The minimum Gasteiger partial charge on any atom is -0.306 e. The van der Waals surface area contributed by atoms with Gasteiger partial charge in [-0.2, -0.15) is 5.10 Å². The maximum Gasteiger partial charge on any atom is 0.333 e. The fourth-order valence-corrected chi connectivity index (χ4v) is 3.66. The molecule has 0 radical (unpaired) electrons. The number of hydrogen-bond acceptors (Lipinski definition) is 5. The third-order valence-corrected chi connectivity index (χ3v) is 4.77. The summed E-state index contributed by atoms with van der Waals surface area (Å²) >= 11 is 1.54. The number of benzene rings is 1. The molecule has 0 atom stereocenters. The first-order chi connectivity index (χ1) is 12.1. The highest BCUT2D eigenvalue weighted by Gasteiger charge is 2.35. The smallest absolute Gasteiger partial charge is 0.306 e. The Morgan fingerprint density at radius 1 is 1.20 bits per heavy atom. The second-order valence-corrected chi connectivity index (χ2v) is 6.76. The van der Waals surface area contributed by atoms with Crippen molar-refractivity contribution in [1.82, 2.24) is 20.6 Å². The Bertz CT molecular complexity index is 975. The monoisotopic (exact) mass is 353 g/mol. The maximum absolute atomic E-state index is 13.1. The number of fused-ring (bicyclic) bond motifs is 3. The highest BCUT2D eigenvalue weighted by Crippen LogP contribution is 2.43. The van der Waals surface area contributed by atoms with Crippen LogP contribution in [0.1, 0.15) is 15.9 Å². The molecule has 3 aromatic rings. The largest absolute Gasteiger partial charge is 0.333 e. The molecular weight excluding hydrogens is 338 g/mol. The standard InChI is InChI=1S/C17H15N5O2S/c1-22(2)21-17(24)18-10-6-3-5-9-12(10)16(23)13-14(9)19-20-15(13)11-7-4-8-25-11/h3-8H,1-2H3,(H,19,20)(H2,18,21,24). The Balaban J connectivity index is 1.76. The molecule has 1 aromatic carbocycles. The quantitative estimate of drug-likeness (QED) is 0.494. The van der Waals surface area contributed by atoms with Crippen LogP contribution in [0.5, 0.6) is 0 Å². The fraction of sp³-hybridized carbons (Fsp3) is 0.118. The van der Waals surface area contributed by atoms with Gasteiger partial charge in [0.25, 0.3) is 0 Å². The first-order valence-corrected chi connectivity index (χ1v) is 8.49. The molecular formula is C17H15N5O2S. The van der Waals surface area contributed by atoms with Gasteiger partial charge in [0.2, 0.25) is 0 Å². The maximum atomic E-state index is 13.1. The molecule has 0 aliphatic heterocycles. The van der Waals surface area contributed by atoms with Gasteiger partial charge in [0.1, 0.15) is 5.69 Å². The fourth-order valence-electron chi connectivity index (χ4n) is 2.93. The normalized spacial score (nSPS) is 12.2. The molecule has 25 heavy (non-hydrogen) atoms.